The number of rotatable bonds is 32. The molecule has 105 heavy (non-hydrogen) atoms. The summed E-state index contributed by atoms with van der Waals surface area (Å²) in [7, 11) is 5.16. The summed E-state index contributed by atoms with van der Waals surface area (Å²) < 4.78 is 104. The van der Waals surface area contributed by atoms with Crippen LogP contribution in [0.1, 0.15) is 49.4 Å². The molecule has 52 heteroatoms. The van der Waals surface area contributed by atoms with E-state index in [1.54, 1.807) is 6.92 Å². The number of hydrogen-bond donors (Lipinski definition) is 11. The molecule has 0 saturated carbocycles. The number of fused-ring (bicyclic) bond motifs is 2. The molecule has 19 atom stereocenters. The fraction of sp³-hybridized carbons (Fsp3) is 0.585. The molecule has 10 heterocycles. The van der Waals surface area contributed by atoms with E-state index in [9.17, 15) is 58.0 Å². The summed E-state index contributed by atoms with van der Waals surface area (Å²) in [5, 5.41) is 21.1. The zero-order chi connectivity index (χ0) is 76.3. The fourth-order valence-corrected chi connectivity index (χ4v) is 15.6. The third-order valence-electron chi connectivity index (χ3n) is 16.6. The first kappa shape index (κ1) is 80.3. The van der Waals surface area contributed by atoms with Crippen LogP contribution < -0.4 is 76.3 Å². The van der Waals surface area contributed by atoms with E-state index in [1.165, 1.54) is 54.4 Å². The largest absolute Gasteiger partial charge is 0.780 e. The Morgan fingerprint density at radius 3 is 1.42 bits per heavy atom. The molecule has 576 valence electrons. The third-order valence-corrected chi connectivity index (χ3v) is 21.2. The Labute approximate surface area is 605 Å². The zero-order valence-electron chi connectivity index (χ0n) is 56.1. The quantitative estimate of drug-likeness (QED) is 0.0138. The Hall–Kier alpha value is -7.26. The fourth-order valence-electron chi connectivity index (χ4n) is 11.4. The number of imidazole rings is 2. The van der Waals surface area contributed by atoms with E-state index in [-0.39, 0.29) is 40.1 Å². The van der Waals surface area contributed by atoms with Crippen molar-refractivity contribution >= 4 is 120 Å². The number of hydrogen-bond acceptors (Lipinski definition) is 38. The number of nitrogens with one attached hydrogen (secondary N) is 7. The highest BCUT2D eigenvalue weighted by atomic mass is 32.7. The summed E-state index contributed by atoms with van der Waals surface area (Å²) in [5.41, 5.74) is 12.7. The van der Waals surface area contributed by atoms with Crippen LogP contribution in [0.4, 0.5) is 17.7 Å². The molecule has 14 N–H and O–H groups in total. The van der Waals surface area contributed by atoms with E-state index in [0.717, 1.165) is 30.9 Å². The van der Waals surface area contributed by atoms with Crippen LogP contribution in [0.2, 0.25) is 0 Å². The minimum atomic E-state index is -5.29. The van der Waals surface area contributed by atoms with Crippen LogP contribution in [0.15, 0.2) is 49.0 Å². The number of nitrogens with two attached hydrogens (primary N) is 3. The molecule has 6 aromatic heterocycles. The van der Waals surface area contributed by atoms with E-state index in [2.05, 4.69) is 61.1 Å². The molecule has 0 bridgehead atoms. The first-order valence-electron chi connectivity index (χ1n) is 31.3. The second-order valence-corrected chi connectivity index (χ2v) is 31.5. The SMILES string of the molecule is CC[C@H]1O[C@@H](n2cc(C)c(=O)[nH]c2=O)[C@@H](OCC(=O)NC)C1OP([O-])(=S)OC[C@H]1O[C@@H](n2cnc3c(=O)[nH]c(N)nc32)[C@@H](OCC(=O)NC)C1OP(=O)([S-])OC[C@H]1O[C@@H](n2cnc3c(=O)[nH]c(N)nc32)[C@@H](OCC(=O)NC)C1OP([O-])(=S)OC[C@H]1O[C@@H](n2cc(C)c(N)nc2=O)[C@@H](OCC(=O)NC)C1O. The number of aliphatic hydroxyl groups excluding tert-OH is 1. The van der Waals surface area contributed by atoms with Gasteiger partial charge in [-0.2, -0.15) is 15.0 Å². The number of anilines is 3. The minimum Gasteiger partial charge on any atom is -0.780 e. The minimum absolute atomic E-state index is 0.0593. The van der Waals surface area contributed by atoms with Gasteiger partial charge in [0.05, 0.1) is 38.6 Å². The lowest BCUT2D eigenvalue weighted by atomic mass is 10.1. The summed E-state index contributed by atoms with van der Waals surface area (Å²) in [5.74, 6) is -3.80. The van der Waals surface area contributed by atoms with Crippen molar-refractivity contribution in [2.75, 3.05) is 91.6 Å². The average molecular weight is 1600 g/mol. The van der Waals surface area contributed by atoms with Crippen LogP contribution in [-0.2, 0) is 125 Å². The number of likely N-dealkylation sites (N-methyl/N-ethyl adjacent to an activating group) is 4. The molecule has 4 aliphatic rings. The number of amides is 4. The maximum Gasteiger partial charge on any atom is 0.351 e. The van der Waals surface area contributed by atoms with Crippen LogP contribution in [0.25, 0.3) is 22.3 Å². The molecule has 0 radical (unpaired) electrons. The average Bonchev–Trinajstić information content (AvgIpc) is 1.62. The maximum atomic E-state index is 15.3. The van der Waals surface area contributed by atoms with Gasteiger partial charge in [0.15, 0.2) is 54.0 Å². The Bertz CT molecular complexity index is 4700. The molecular weight excluding hydrogens is 1520 g/mol. The molecule has 10 rings (SSSR count). The van der Waals surface area contributed by atoms with Crippen LogP contribution in [-0.4, -0.2) is 235 Å². The molecule has 4 aliphatic heterocycles. The van der Waals surface area contributed by atoms with Gasteiger partial charge in [-0.15, -0.1) is 0 Å². The van der Waals surface area contributed by atoms with Gasteiger partial charge in [0, 0.05) is 51.7 Å². The number of aromatic amines is 3. The normalized spacial score (nSPS) is 27.8. The number of aromatic nitrogens is 12. The molecule has 6 aromatic rings. The van der Waals surface area contributed by atoms with Crippen molar-refractivity contribution < 1.29 is 104 Å². The number of ether oxygens (including phenoxy) is 8. The zero-order valence-corrected chi connectivity index (χ0v) is 61.2. The summed E-state index contributed by atoms with van der Waals surface area (Å²) in [6.45, 7) is -16.9. The van der Waals surface area contributed by atoms with Gasteiger partial charge in [0.2, 0.25) is 35.5 Å². The Morgan fingerprint density at radius 2 is 0.952 bits per heavy atom. The lowest BCUT2D eigenvalue weighted by Gasteiger charge is -2.36. The van der Waals surface area contributed by atoms with E-state index in [1.807, 2.05) is 0 Å². The predicted octanol–water partition coefficient (Wildman–Crippen LogP) is -6.66. The summed E-state index contributed by atoms with van der Waals surface area (Å²) >= 11 is 16.5. The van der Waals surface area contributed by atoms with Crippen LogP contribution in [0, 0.1) is 13.8 Å². The van der Waals surface area contributed by atoms with Gasteiger partial charge < -0.3 is 131 Å². The molecule has 0 aliphatic carbocycles. The van der Waals surface area contributed by atoms with Crippen molar-refractivity contribution in [1.82, 2.24) is 79.4 Å². The number of nitrogens with zero attached hydrogens (tertiary/aromatic N) is 9. The maximum absolute atomic E-state index is 15.3. The van der Waals surface area contributed by atoms with Crippen molar-refractivity contribution in [3.63, 3.8) is 0 Å². The molecule has 4 fully saturated rings. The first-order chi connectivity index (χ1) is 49.7. The van der Waals surface area contributed by atoms with Gasteiger partial charge in [0.1, 0.15) is 113 Å². The predicted molar refractivity (Wildman–Crippen MR) is 362 cm³/mol. The van der Waals surface area contributed by atoms with E-state index >= 15 is 4.57 Å². The molecule has 4 saturated heterocycles. The number of aryl methyl sites for hydroxylation is 2. The molecule has 7 unspecified atom stereocenters. The summed E-state index contributed by atoms with van der Waals surface area (Å²) in [6, 6.07) is 0. The van der Waals surface area contributed by atoms with Gasteiger partial charge in [-0.1, -0.05) is 30.5 Å². The topological polar surface area (TPSA) is 624 Å². The highest BCUT2D eigenvalue weighted by Crippen LogP contribution is 2.54. The second kappa shape index (κ2) is 33.5. The number of H-pyrrole nitrogens is 3. The number of carbonyl (C=O) groups excluding carboxylic acids is 4. The number of aliphatic hydroxyl groups is 1. The van der Waals surface area contributed by atoms with Crippen molar-refractivity contribution in [2.24, 2.45) is 0 Å². The Balaban J connectivity index is 0.976. The van der Waals surface area contributed by atoms with Gasteiger partial charge in [-0.3, -0.25) is 71.3 Å². The van der Waals surface area contributed by atoms with Crippen molar-refractivity contribution in [3.8, 4) is 0 Å². The van der Waals surface area contributed by atoms with Crippen molar-refractivity contribution in [3.05, 3.63) is 88.2 Å². The third kappa shape index (κ3) is 18.3. The van der Waals surface area contributed by atoms with Crippen LogP contribution in [0.3, 0.4) is 0 Å². The molecule has 0 spiro atoms. The number of carbonyl (C=O) groups is 4. The van der Waals surface area contributed by atoms with Crippen LogP contribution in [0.5, 0.6) is 0 Å². The molecular formula is C53H71N19O27P3S3-3. The van der Waals surface area contributed by atoms with Gasteiger partial charge >= 0.3 is 11.4 Å². The van der Waals surface area contributed by atoms with E-state index in [0.29, 0.717) is 5.56 Å². The van der Waals surface area contributed by atoms with Gasteiger partial charge in [0.25, 0.3) is 16.7 Å². The van der Waals surface area contributed by atoms with Gasteiger partial charge in [-0.25, -0.2) is 19.6 Å². The molecule has 0 aromatic carbocycles. The molecule has 4 amide bonds. The van der Waals surface area contributed by atoms with E-state index in [4.69, 9.17) is 118 Å². The lowest BCUT2D eigenvalue weighted by molar-refractivity contribution is -0.219. The van der Waals surface area contributed by atoms with Crippen molar-refractivity contribution in [1.29, 1.82) is 0 Å². The second-order valence-electron chi connectivity index (χ2n) is 23.4. The Kier molecular flexibility index (Phi) is 25.6. The highest BCUT2D eigenvalue weighted by Gasteiger charge is 2.54. The number of nitrogen functional groups attached to an aromatic ring is 3. The van der Waals surface area contributed by atoms with Gasteiger partial charge in [-0.05, 0) is 20.3 Å². The highest BCUT2D eigenvalue weighted by molar-refractivity contribution is 8.32. The van der Waals surface area contributed by atoms with Crippen molar-refractivity contribution in [2.45, 2.75) is 125 Å². The monoisotopic (exact) mass is 1590 g/mol. The lowest BCUT2D eigenvalue weighted by Crippen LogP contribution is -2.42. The standard InChI is InChI=1S/C53H74N19O27P3S3/c1-8-22-33(37(87-15-27(74)58-5)47(93-22)70-10-21(3)43(78)68-53(70)82)97-101(84,104)91-12-24-35(39(89-17-29(76)60-7)49(95-24)72-19-62-31-42(72)65-51(56)67-45(31)80)99-102(85,105)92-13-25-34(38(88-16-28(75)59-6)48(96-25)71-18-61-30-41(71)64-50(55)66-44(30)79)98-100(83,103)90-11-23-32(77)36(86-14-26(73)57-4)46(94-23)69-9-20(2)40(54)63-52(69)81/h9-10,18-19,22-25,32-39,46-49,77H,8,11-17H2,1-7H3,(H,57,73)(H,58,74)(H,59,75)(H,60,76)(H,83,103)(H,84,104)(H,85,105)(H2,54,63,81)(H,68,78,82)(H3,55,64,66,79)(H3,56,65,67,80)/p-3/t22-,23-,24-,25-,32?,33?,34?,35?,36+,37+,38+,39+,46-,47-,48-,49-,100?,101?,102?/m1/s1. The smallest absolute Gasteiger partial charge is 0.351 e. The molecule has 46 nitrogen and oxygen atoms in total. The first-order valence-corrected chi connectivity index (χ1v) is 39.0. The summed E-state index contributed by atoms with van der Waals surface area (Å²) in [4.78, 5) is 173. The van der Waals surface area contributed by atoms with E-state index < -0.39 is 228 Å². The Morgan fingerprint density at radius 1 is 0.562 bits per heavy atom. The van der Waals surface area contributed by atoms with Crippen LogP contribution >= 0.6 is 20.2 Å². The summed E-state index contributed by atoms with van der Waals surface area (Å²) in [6.07, 6.45) is -21.9.